The lowest BCUT2D eigenvalue weighted by molar-refractivity contribution is -0.124. The van der Waals surface area contributed by atoms with Crippen LogP contribution in [-0.2, 0) is 10.2 Å². The number of hydrogen-bond acceptors (Lipinski definition) is 4. The largest absolute Gasteiger partial charge is 0.460 e. The number of hydrogen-bond donors (Lipinski definition) is 1. The van der Waals surface area contributed by atoms with Crippen LogP contribution in [0.3, 0.4) is 0 Å². The Morgan fingerprint density at radius 2 is 2.00 bits per heavy atom. The molecule has 4 aliphatic rings. The van der Waals surface area contributed by atoms with Crippen molar-refractivity contribution < 1.29 is 19.1 Å². The summed E-state index contributed by atoms with van der Waals surface area (Å²) in [6.07, 6.45) is 6.23. The van der Waals surface area contributed by atoms with Crippen LogP contribution in [0.25, 0.3) is 0 Å². The van der Waals surface area contributed by atoms with Crippen molar-refractivity contribution in [2.75, 3.05) is 0 Å². The summed E-state index contributed by atoms with van der Waals surface area (Å²) in [5.41, 5.74) is 3.61. The van der Waals surface area contributed by atoms with Crippen LogP contribution in [0, 0.1) is 17.3 Å². The van der Waals surface area contributed by atoms with Gasteiger partial charge in [-0.2, -0.15) is 0 Å². The van der Waals surface area contributed by atoms with Crippen molar-refractivity contribution in [2.45, 2.75) is 70.8 Å². The minimum atomic E-state index is -0.534. The van der Waals surface area contributed by atoms with Crippen LogP contribution < -0.4 is 0 Å². The predicted molar refractivity (Wildman–Crippen MR) is 95.8 cm³/mol. The highest BCUT2D eigenvalue weighted by Crippen LogP contribution is 2.63. The number of Topliss-reactive ketones (excluding diaryl/α,β-unsaturated/α-hetero) is 2. The third-order valence-electron chi connectivity index (χ3n) is 8.18. The molecule has 1 aromatic heterocycles. The van der Waals surface area contributed by atoms with Crippen molar-refractivity contribution in [1.29, 1.82) is 0 Å². The molecule has 1 saturated carbocycles. The van der Waals surface area contributed by atoms with E-state index in [9.17, 15) is 14.7 Å². The fourth-order valence-corrected chi connectivity index (χ4v) is 6.82. The number of fused-ring (bicyclic) bond motifs is 3. The number of aliphatic hydroxyl groups is 1. The summed E-state index contributed by atoms with van der Waals surface area (Å²) >= 11 is 0. The first-order valence-electron chi connectivity index (χ1n) is 9.87. The zero-order valence-electron chi connectivity index (χ0n) is 15.7. The zero-order chi connectivity index (χ0) is 18.4. The highest BCUT2D eigenvalue weighted by Gasteiger charge is 2.58. The van der Waals surface area contributed by atoms with Gasteiger partial charge in [-0.25, -0.2) is 0 Å². The van der Waals surface area contributed by atoms with E-state index in [-0.39, 0.29) is 34.2 Å². The minimum Gasteiger partial charge on any atom is -0.460 e. The quantitative estimate of drug-likeness (QED) is 0.818. The van der Waals surface area contributed by atoms with E-state index in [4.69, 9.17) is 4.42 Å². The van der Waals surface area contributed by atoms with Crippen molar-refractivity contribution in [3.8, 4) is 0 Å². The van der Waals surface area contributed by atoms with E-state index in [0.29, 0.717) is 12.2 Å². The van der Waals surface area contributed by atoms with Gasteiger partial charge in [0.05, 0.1) is 12.4 Å². The Balaban J connectivity index is 1.71. The topological polar surface area (TPSA) is 67.5 Å². The van der Waals surface area contributed by atoms with E-state index >= 15 is 0 Å². The van der Waals surface area contributed by atoms with E-state index in [2.05, 4.69) is 13.8 Å². The molecular formula is C22H26O4. The Hall–Kier alpha value is -1.68. The average molecular weight is 354 g/mol. The van der Waals surface area contributed by atoms with Crippen molar-refractivity contribution in [1.82, 2.24) is 0 Å². The molecule has 0 saturated heterocycles. The smallest absolute Gasteiger partial charge is 0.224 e. The number of allylic oxidation sites excluding steroid dienone is 2. The molecule has 138 valence electrons. The maximum Gasteiger partial charge on any atom is 0.224 e. The van der Waals surface area contributed by atoms with Gasteiger partial charge in [-0.05, 0) is 56.8 Å². The molecule has 1 aromatic rings. The van der Waals surface area contributed by atoms with Crippen LogP contribution >= 0.6 is 0 Å². The van der Waals surface area contributed by atoms with Crippen LogP contribution in [0.15, 0.2) is 21.8 Å². The van der Waals surface area contributed by atoms with Gasteiger partial charge in [0.15, 0.2) is 5.76 Å². The van der Waals surface area contributed by atoms with Crippen molar-refractivity contribution >= 4 is 11.6 Å². The lowest BCUT2D eigenvalue weighted by Crippen LogP contribution is -2.45. The van der Waals surface area contributed by atoms with Gasteiger partial charge in [0.1, 0.15) is 5.78 Å². The number of carbonyl (C=O) groups is 2. The molecular weight excluding hydrogens is 328 g/mol. The fraction of sp³-hybridized carbons (Fsp3) is 0.636. The van der Waals surface area contributed by atoms with Gasteiger partial charge in [0, 0.05) is 28.0 Å². The second-order valence-corrected chi connectivity index (χ2v) is 9.30. The first kappa shape index (κ1) is 16.5. The molecule has 0 aromatic carbocycles. The minimum absolute atomic E-state index is 0.00736. The maximum absolute atomic E-state index is 13.4. The fourth-order valence-electron chi connectivity index (χ4n) is 6.82. The standard InChI is InChI=1S/C22H26O4/c1-11(23)13-4-5-14-17-15(6-8-21(13,14)2)22(3)9-7-16(24)12-10-26-20(18(12)22)19(17)25/h10,13-14,16,24H,4-9H2,1-3H3/t13-,14+,16+,21-,22-/m1/s1. The summed E-state index contributed by atoms with van der Waals surface area (Å²) in [4.78, 5) is 25.7. The molecule has 26 heavy (non-hydrogen) atoms. The Morgan fingerprint density at radius 3 is 2.73 bits per heavy atom. The molecule has 0 aliphatic heterocycles. The number of carbonyl (C=O) groups excluding carboxylic acids is 2. The molecule has 4 nitrogen and oxygen atoms in total. The van der Waals surface area contributed by atoms with Gasteiger partial charge in [-0.3, -0.25) is 9.59 Å². The first-order chi connectivity index (χ1) is 12.3. The summed E-state index contributed by atoms with van der Waals surface area (Å²) in [5, 5.41) is 10.4. The van der Waals surface area contributed by atoms with Crippen LogP contribution in [0.2, 0.25) is 0 Å². The zero-order valence-corrected chi connectivity index (χ0v) is 15.7. The third-order valence-corrected chi connectivity index (χ3v) is 8.18. The van der Waals surface area contributed by atoms with Crippen molar-refractivity contribution in [3.63, 3.8) is 0 Å². The van der Waals surface area contributed by atoms with E-state index in [1.165, 1.54) is 5.57 Å². The van der Waals surface area contributed by atoms with Crippen LogP contribution in [-0.4, -0.2) is 16.7 Å². The van der Waals surface area contributed by atoms with E-state index in [1.54, 1.807) is 13.2 Å². The normalized spacial score (nSPS) is 40.9. The predicted octanol–water partition coefficient (Wildman–Crippen LogP) is 4.27. The molecule has 5 atom stereocenters. The summed E-state index contributed by atoms with van der Waals surface area (Å²) < 4.78 is 5.73. The SMILES string of the molecule is CC(=O)[C@H]1CC[C@H]2C3=C(CC[C@]12C)[C@@]1(C)CC[C@H](O)c2coc(c21)C3=O. The number of furan rings is 1. The molecule has 0 radical (unpaired) electrons. The summed E-state index contributed by atoms with van der Waals surface area (Å²) in [5.74, 6) is 0.917. The molecule has 0 bridgehead atoms. The van der Waals surface area contributed by atoms with Gasteiger partial charge in [0.2, 0.25) is 5.78 Å². The third kappa shape index (κ3) is 1.74. The van der Waals surface area contributed by atoms with Gasteiger partial charge in [0.25, 0.3) is 0 Å². The molecule has 0 amide bonds. The molecule has 5 rings (SSSR count). The number of rotatable bonds is 1. The van der Waals surface area contributed by atoms with Crippen molar-refractivity contribution in [3.05, 3.63) is 34.3 Å². The summed E-state index contributed by atoms with van der Waals surface area (Å²) in [7, 11) is 0. The second kappa shape index (κ2) is 4.98. The molecule has 4 aliphatic carbocycles. The van der Waals surface area contributed by atoms with Crippen molar-refractivity contribution in [2.24, 2.45) is 17.3 Å². The van der Waals surface area contributed by atoms with Crippen LogP contribution in [0.4, 0.5) is 0 Å². The highest BCUT2D eigenvalue weighted by atomic mass is 16.3. The molecule has 0 unspecified atom stereocenters. The molecule has 0 spiro atoms. The Bertz CT molecular complexity index is 875. The Labute approximate surface area is 153 Å². The van der Waals surface area contributed by atoms with Gasteiger partial charge >= 0.3 is 0 Å². The van der Waals surface area contributed by atoms with Gasteiger partial charge in [-0.1, -0.05) is 19.4 Å². The molecule has 1 N–H and O–H groups in total. The summed E-state index contributed by atoms with van der Waals surface area (Å²) in [6.45, 7) is 6.13. The summed E-state index contributed by atoms with van der Waals surface area (Å²) in [6, 6.07) is 0. The van der Waals surface area contributed by atoms with E-state index in [0.717, 1.165) is 48.8 Å². The highest BCUT2D eigenvalue weighted by molar-refractivity contribution is 6.11. The van der Waals surface area contributed by atoms with E-state index in [1.807, 2.05) is 0 Å². The van der Waals surface area contributed by atoms with Gasteiger partial charge in [-0.15, -0.1) is 0 Å². The second-order valence-electron chi connectivity index (χ2n) is 9.30. The molecule has 4 heteroatoms. The Morgan fingerprint density at radius 1 is 1.23 bits per heavy atom. The van der Waals surface area contributed by atoms with E-state index < -0.39 is 6.10 Å². The van der Waals surface area contributed by atoms with Crippen LogP contribution in [0.5, 0.6) is 0 Å². The monoisotopic (exact) mass is 354 g/mol. The lowest BCUT2D eigenvalue weighted by Gasteiger charge is -2.49. The molecule has 1 heterocycles. The number of aliphatic hydroxyl groups excluding tert-OH is 1. The maximum atomic E-state index is 13.4. The first-order valence-corrected chi connectivity index (χ1v) is 9.87. The molecule has 1 fully saturated rings. The lowest BCUT2D eigenvalue weighted by atomic mass is 9.53. The number of ketones is 2. The van der Waals surface area contributed by atoms with Crippen LogP contribution in [0.1, 0.15) is 87.1 Å². The Kier molecular flexibility index (Phi) is 3.16. The average Bonchev–Trinajstić information content (AvgIpc) is 3.18. The van der Waals surface area contributed by atoms with Gasteiger partial charge < -0.3 is 9.52 Å².